The number of nitrogens with two attached hydrogens (primary N) is 1. The molecule has 0 saturated carbocycles. The molecule has 6 nitrogen and oxygen atoms in total. The van der Waals surface area contributed by atoms with Gasteiger partial charge in [0.1, 0.15) is 6.54 Å². The van der Waals surface area contributed by atoms with Gasteiger partial charge in [0.2, 0.25) is 11.8 Å². The Labute approximate surface area is 158 Å². The summed E-state index contributed by atoms with van der Waals surface area (Å²) < 4.78 is 0. The minimum Gasteiger partial charge on any atom is -0.330 e. The number of fused-ring (bicyclic) bond motifs is 1. The second-order valence-electron chi connectivity index (χ2n) is 7.25. The average Bonchev–Trinajstić information content (AvgIpc) is 3.10. The standard InChI is InChI=1S/C21H24N4O2/c22-10-16-11-24(12-17(16)15-6-2-1-3-7-15)14-21(27)25-13-20(26)23-18-8-4-5-9-19(18)25/h1-9,16-17H,10-14,22H2,(H,23,26)/t16-,17+/m1/s1. The average molecular weight is 364 g/mol. The summed E-state index contributed by atoms with van der Waals surface area (Å²) in [6, 6.07) is 17.8. The van der Waals surface area contributed by atoms with Crippen molar-refractivity contribution >= 4 is 23.2 Å². The number of para-hydroxylation sites is 2. The van der Waals surface area contributed by atoms with Gasteiger partial charge < -0.3 is 11.1 Å². The summed E-state index contributed by atoms with van der Waals surface area (Å²) >= 11 is 0. The molecule has 0 aliphatic carbocycles. The van der Waals surface area contributed by atoms with Gasteiger partial charge in [-0.1, -0.05) is 42.5 Å². The van der Waals surface area contributed by atoms with Crippen LogP contribution in [0.5, 0.6) is 0 Å². The number of carbonyl (C=O) groups is 2. The first-order valence-electron chi connectivity index (χ1n) is 9.32. The third-order valence-electron chi connectivity index (χ3n) is 5.48. The Hall–Kier alpha value is -2.70. The summed E-state index contributed by atoms with van der Waals surface area (Å²) in [4.78, 5) is 28.7. The van der Waals surface area contributed by atoms with E-state index in [1.165, 1.54) is 5.56 Å². The van der Waals surface area contributed by atoms with E-state index in [1.54, 1.807) is 4.90 Å². The second-order valence-corrected chi connectivity index (χ2v) is 7.25. The molecule has 0 radical (unpaired) electrons. The van der Waals surface area contributed by atoms with Crippen LogP contribution in [0.3, 0.4) is 0 Å². The maximum absolute atomic E-state index is 13.0. The van der Waals surface area contributed by atoms with E-state index in [9.17, 15) is 9.59 Å². The summed E-state index contributed by atoms with van der Waals surface area (Å²) in [5.41, 5.74) is 8.72. The predicted molar refractivity (Wildman–Crippen MR) is 106 cm³/mol. The van der Waals surface area contributed by atoms with Crippen LogP contribution in [0.1, 0.15) is 11.5 Å². The molecule has 4 rings (SSSR count). The van der Waals surface area contributed by atoms with E-state index < -0.39 is 0 Å². The van der Waals surface area contributed by atoms with E-state index in [0.717, 1.165) is 18.8 Å². The molecule has 3 N–H and O–H groups in total. The molecule has 0 unspecified atom stereocenters. The summed E-state index contributed by atoms with van der Waals surface area (Å²) in [5, 5.41) is 2.82. The maximum atomic E-state index is 13.0. The largest absolute Gasteiger partial charge is 0.330 e. The van der Waals surface area contributed by atoms with Crippen LogP contribution in [0, 0.1) is 5.92 Å². The minimum atomic E-state index is -0.162. The number of amides is 2. The Morgan fingerprint density at radius 2 is 1.81 bits per heavy atom. The Kier molecular flexibility index (Phi) is 4.92. The van der Waals surface area contributed by atoms with Crippen molar-refractivity contribution in [3.8, 4) is 0 Å². The predicted octanol–water partition coefficient (Wildman–Crippen LogP) is 1.65. The van der Waals surface area contributed by atoms with E-state index in [4.69, 9.17) is 5.73 Å². The lowest BCUT2D eigenvalue weighted by Gasteiger charge is -2.30. The molecule has 0 aromatic heterocycles. The van der Waals surface area contributed by atoms with Crippen molar-refractivity contribution in [3.05, 3.63) is 60.2 Å². The smallest absolute Gasteiger partial charge is 0.244 e. The molecule has 2 aromatic carbocycles. The zero-order valence-corrected chi connectivity index (χ0v) is 15.2. The van der Waals surface area contributed by atoms with Crippen molar-refractivity contribution < 1.29 is 9.59 Å². The molecule has 6 heteroatoms. The monoisotopic (exact) mass is 364 g/mol. The van der Waals surface area contributed by atoms with Crippen LogP contribution < -0.4 is 16.0 Å². The number of benzene rings is 2. The van der Waals surface area contributed by atoms with E-state index in [0.29, 0.717) is 30.6 Å². The highest BCUT2D eigenvalue weighted by Gasteiger charge is 2.35. The third kappa shape index (κ3) is 3.59. The Balaban J connectivity index is 1.48. The van der Waals surface area contributed by atoms with Crippen LogP contribution in [0.15, 0.2) is 54.6 Å². The number of hydrogen-bond acceptors (Lipinski definition) is 4. The number of hydrogen-bond donors (Lipinski definition) is 2. The van der Waals surface area contributed by atoms with Gasteiger partial charge in [-0.2, -0.15) is 0 Å². The van der Waals surface area contributed by atoms with Gasteiger partial charge in [0.05, 0.1) is 17.9 Å². The van der Waals surface area contributed by atoms with E-state index >= 15 is 0 Å². The van der Waals surface area contributed by atoms with Gasteiger partial charge in [0, 0.05) is 19.0 Å². The molecular formula is C21H24N4O2. The third-order valence-corrected chi connectivity index (χ3v) is 5.48. The number of likely N-dealkylation sites (tertiary alicyclic amines) is 1. The van der Waals surface area contributed by atoms with Gasteiger partial charge >= 0.3 is 0 Å². The van der Waals surface area contributed by atoms with Crippen molar-refractivity contribution in [2.45, 2.75) is 5.92 Å². The fourth-order valence-corrected chi connectivity index (χ4v) is 4.14. The quantitative estimate of drug-likeness (QED) is 0.865. The molecule has 2 heterocycles. The first kappa shape index (κ1) is 17.7. The molecule has 2 aromatic rings. The highest BCUT2D eigenvalue weighted by molar-refractivity contribution is 6.10. The van der Waals surface area contributed by atoms with Gasteiger partial charge in [0.15, 0.2) is 0 Å². The van der Waals surface area contributed by atoms with Crippen molar-refractivity contribution in [2.24, 2.45) is 11.7 Å². The summed E-state index contributed by atoms with van der Waals surface area (Å²) in [6.45, 7) is 2.55. The van der Waals surface area contributed by atoms with Crippen LogP contribution >= 0.6 is 0 Å². The number of carbonyl (C=O) groups excluding carboxylic acids is 2. The lowest BCUT2D eigenvalue weighted by molar-refractivity contribution is -0.122. The summed E-state index contributed by atoms with van der Waals surface area (Å²) in [7, 11) is 0. The second kappa shape index (κ2) is 7.50. The van der Waals surface area contributed by atoms with E-state index in [-0.39, 0.29) is 18.4 Å². The number of anilines is 2. The Morgan fingerprint density at radius 1 is 1.07 bits per heavy atom. The van der Waals surface area contributed by atoms with Gasteiger partial charge in [-0.05, 0) is 30.2 Å². The van der Waals surface area contributed by atoms with Crippen molar-refractivity contribution in [1.82, 2.24) is 4.90 Å². The van der Waals surface area contributed by atoms with Crippen LogP contribution in [0.4, 0.5) is 11.4 Å². The molecular weight excluding hydrogens is 340 g/mol. The fourth-order valence-electron chi connectivity index (χ4n) is 4.14. The molecule has 1 saturated heterocycles. The topological polar surface area (TPSA) is 78.7 Å². The highest BCUT2D eigenvalue weighted by atomic mass is 16.2. The summed E-state index contributed by atoms with van der Waals surface area (Å²) in [5.74, 6) is 0.449. The molecule has 140 valence electrons. The van der Waals surface area contributed by atoms with Gasteiger partial charge in [0.25, 0.3) is 0 Å². The zero-order chi connectivity index (χ0) is 18.8. The lowest BCUT2D eigenvalue weighted by atomic mass is 9.89. The number of rotatable bonds is 4. The molecule has 2 aliphatic rings. The summed E-state index contributed by atoms with van der Waals surface area (Å²) in [6.07, 6.45) is 0. The molecule has 2 amide bonds. The van der Waals surface area contributed by atoms with Gasteiger partial charge in [-0.3, -0.25) is 19.4 Å². The van der Waals surface area contributed by atoms with Crippen LogP contribution in [0.2, 0.25) is 0 Å². The number of nitrogens with zero attached hydrogens (tertiary/aromatic N) is 2. The zero-order valence-electron chi connectivity index (χ0n) is 15.2. The van der Waals surface area contributed by atoms with E-state index in [1.807, 2.05) is 42.5 Å². The minimum absolute atomic E-state index is 0.0539. The maximum Gasteiger partial charge on any atom is 0.244 e. The van der Waals surface area contributed by atoms with Gasteiger partial charge in [-0.25, -0.2) is 0 Å². The molecule has 27 heavy (non-hydrogen) atoms. The Morgan fingerprint density at radius 3 is 2.59 bits per heavy atom. The fraction of sp³-hybridized carbons (Fsp3) is 0.333. The normalized spacial score (nSPS) is 22.4. The van der Waals surface area contributed by atoms with Crippen molar-refractivity contribution in [1.29, 1.82) is 0 Å². The molecule has 0 bridgehead atoms. The van der Waals surface area contributed by atoms with E-state index in [2.05, 4.69) is 22.3 Å². The highest BCUT2D eigenvalue weighted by Crippen LogP contribution is 2.33. The SMILES string of the molecule is NC[C@@H]1CN(CC(=O)N2CC(=O)Nc3ccccc32)C[C@H]1c1ccccc1. The van der Waals surface area contributed by atoms with Crippen LogP contribution in [-0.2, 0) is 9.59 Å². The molecule has 0 spiro atoms. The van der Waals surface area contributed by atoms with Gasteiger partial charge in [-0.15, -0.1) is 0 Å². The number of nitrogens with one attached hydrogen (secondary N) is 1. The molecule has 2 aliphatic heterocycles. The first-order chi connectivity index (χ1) is 13.2. The lowest BCUT2D eigenvalue weighted by Crippen LogP contribution is -2.46. The Bertz CT molecular complexity index is 839. The van der Waals surface area contributed by atoms with Crippen molar-refractivity contribution in [3.63, 3.8) is 0 Å². The molecule has 2 atom stereocenters. The van der Waals surface area contributed by atoms with Crippen LogP contribution in [-0.4, -0.2) is 49.4 Å². The van der Waals surface area contributed by atoms with Crippen LogP contribution in [0.25, 0.3) is 0 Å². The van der Waals surface area contributed by atoms with Crippen molar-refractivity contribution in [2.75, 3.05) is 42.9 Å². The first-order valence-corrected chi connectivity index (χ1v) is 9.32. The molecule has 1 fully saturated rings.